The smallest absolute Gasteiger partial charge is 0.270 e. The fourth-order valence-corrected chi connectivity index (χ4v) is 3.90. The Morgan fingerprint density at radius 2 is 1.90 bits per heavy atom. The van der Waals surface area contributed by atoms with Crippen molar-refractivity contribution in [3.8, 4) is 12.3 Å². The number of thiocarbonyl (C=S) groups is 1. The minimum atomic E-state index is -0.514. The summed E-state index contributed by atoms with van der Waals surface area (Å²) in [6.45, 7) is 4.28. The molecule has 0 aliphatic carbocycles. The largest absolute Gasteiger partial charge is 0.335 e. The first-order valence-electron chi connectivity index (χ1n) is 9.41. The first kappa shape index (κ1) is 19.6. The molecule has 0 saturated carbocycles. The predicted molar refractivity (Wildman–Crippen MR) is 123 cm³/mol. The van der Waals surface area contributed by atoms with Crippen LogP contribution in [0.2, 0.25) is 0 Å². The third-order valence-electron chi connectivity index (χ3n) is 5.30. The number of fused-ring (bicyclic) bond motifs is 1. The van der Waals surface area contributed by atoms with E-state index in [9.17, 15) is 9.59 Å². The van der Waals surface area contributed by atoms with Crippen LogP contribution in [-0.2, 0) is 16.1 Å². The molecule has 1 saturated heterocycles. The average Bonchev–Trinajstić information content (AvgIpc) is 3.06. The van der Waals surface area contributed by atoms with Crippen LogP contribution in [0.4, 0.5) is 5.69 Å². The maximum Gasteiger partial charge on any atom is 0.270 e. The zero-order chi connectivity index (χ0) is 21.4. The number of aromatic nitrogens is 1. The number of carbonyl (C=O) groups excluding carboxylic acids is 2. The topological polar surface area (TPSA) is 54.3 Å². The van der Waals surface area contributed by atoms with Crippen molar-refractivity contribution in [1.29, 1.82) is 0 Å². The molecule has 148 valence electrons. The Kier molecular flexibility index (Phi) is 4.98. The van der Waals surface area contributed by atoms with Crippen LogP contribution in [0.25, 0.3) is 17.0 Å². The lowest BCUT2D eigenvalue weighted by Gasteiger charge is -2.30. The molecular formula is C24H19N3O2S. The molecule has 1 fully saturated rings. The highest BCUT2D eigenvalue weighted by Gasteiger charge is 2.35. The number of hydrogen-bond acceptors (Lipinski definition) is 3. The molecule has 6 heteroatoms. The van der Waals surface area contributed by atoms with Crippen molar-refractivity contribution >= 4 is 51.8 Å². The van der Waals surface area contributed by atoms with Crippen molar-refractivity contribution in [3.63, 3.8) is 0 Å². The second kappa shape index (κ2) is 7.62. The van der Waals surface area contributed by atoms with Crippen LogP contribution in [-0.4, -0.2) is 21.5 Å². The number of rotatable bonds is 3. The number of amides is 2. The molecule has 1 aliphatic rings. The Bertz CT molecular complexity index is 1290. The average molecular weight is 414 g/mol. The van der Waals surface area contributed by atoms with Gasteiger partial charge in [0, 0.05) is 22.7 Å². The van der Waals surface area contributed by atoms with Gasteiger partial charge < -0.3 is 4.57 Å². The molecule has 1 aliphatic heterocycles. The number of benzene rings is 2. The minimum Gasteiger partial charge on any atom is -0.335 e. The normalized spacial score (nSPS) is 15.6. The monoisotopic (exact) mass is 413 g/mol. The third-order valence-corrected chi connectivity index (χ3v) is 5.58. The summed E-state index contributed by atoms with van der Waals surface area (Å²) in [6.07, 6.45) is 8.95. The zero-order valence-electron chi connectivity index (χ0n) is 16.6. The highest BCUT2D eigenvalue weighted by Crippen LogP contribution is 2.29. The summed E-state index contributed by atoms with van der Waals surface area (Å²) >= 11 is 5.32. The number of aryl methyl sites for hydroxylation is 1. The van der Waals surface area contributed by atoms with Gasteiger partial charge in [0.1, 0.15) is 5.57 Å². The quantitative estimate of drug-likeness (QED) is 0.308. The fourth-order valence-electron chi connectivity index (χ4n) is 3.63. The second-order valence-electron chi connectivity index (χ2n) is 7.11. The van der Waals surface area contributed by atoms with Crippen molar-refractivity contribution < 1.29 is 9.59 Å². The molecule has 0 spiro atoms. The summed E-state index contributed by atoms with van der Waals surface area (Å²) in [6, 6.07) is 13.4. The lowest BCUT2D eigenvalue weighted by atomic mass is 10.0. The summed E-state index contributed by atoms with van der Waals surface area (Å²) < 4.78 is 1.92. The van der Waals surface area contributed by atoms with Crippen molar-refractivity contribution in [2.24, 2.45) is 0 Å². The number of anilines is 1. The van der Waals surface area contributed by atoms with E-state index in [0.717, 1.165) is 27.6 Å². The van der Waals surface area contributed by atoms with Crippen LogP contribution in [0.15, 0.2) is 54.2 Å². The highest BCUT2D eigenvalue weighted by atomic mass is 32.1. The molecule has 0 radical (unpaired) electrons. The van der Waals surface area contributed by atoms with E-state index in [4.69, 9.17) is 18.6 Å². The summed E-state index contributed by atoms with van der Waals surface area (Å²) in [5.74, 6) is 1.66. The Labute approximate surface area is 180 Å². The molecule has 30 heavy (non-hydrogen) atoms. The molecule has 1 N–H and O–H groups in total. The van der Waals surface area contributed by atoms with Crippen LogP contribution in [0.1, 0.15) is 16.7 Å². The van der Waals surface area contributed by atoms with Crippen LogP contribution in [0.3, 0.4) is 0 Å². The van der Waals surface area contributed by atoms with Crippen molar-refractivity contribution in [1.82, 2.24) is 9.88 Å². The maximum absolute atomic E-state index is 13.4. The minimum absolute atomic E-state index is 0.0214. The molecule has 5 nitrogen and oxygen atoms in total. The summed E-state index contributed by atoms with van der Waals surface area (Å²) in [5.41, 5.74) is 4.32. The molecule has 2 heterocycles. The van der Waals surface area contributed by atoms with Gasteiger partial charge in [-0.25, -0.2) is 0 Å². The van der Waals surface area contributed by atoms with Crippen LogP contribution < -0.4 is 10.2 Å². The van der Waals surface area contributed by atoms with Crippen molar-refractivity contribution in [2.45, 2.75) is 20.4 Å². The van der Waals surface area contributed by atoms with E-state index < -0.39 is 11.8 Å². The van der Waals surface area contributed by atoms with Gasteiger partial charge in [0.05, 0.1) is 12.2 Å². The van der Waals surface area contributed by atoms with E-state index >= 15 is 0 Å². The number of para-hydroxylation sites is 1. The van der Waals surface area contributed by atoms with Crippen LogP contribution >= 0.6 is 12.2 Å². The molecule has 0 unspecified atom stereocenters. The van der Waals surface area contributed by atoms with Crippen molar-refractivity contribution in [3.05, 3.63) is 70.9 Å². The second-order valence-corrected chi connectivity index (χ2v) is 7.50. The number of nitrogens with one attached hydrogen (secondary N) is 1. The summed E-state index contributed by atoms with van der Waals surface area (Å²) in [5, 5.41) is 3.63. The van der Waals surface area contributed by atoms with Gasteiger partial charge in [0.15, 0.2) is 5.11 Å². The Morgan fingerprint density at radius 1 is 1.13 bits per heavy atom. The summed E-state index contributed by atoms with van der Waals surface area (Å²) in [4.78, 5) is 27.4. The van der Waals surface area contributed by atoms with E-state index in [1.54, 1.807) is 6.08 Å². The lowest BCUT2D eigenvalue weighted by Crippen LogP contribution is -2.54. The maximum atomic E-state index is 13.4. The van der Waals surface area contributed by atoms with Gasteiger partial charge in [-0.2, -0.15) is 0 Å². The van der Waals surface area contributed by atoms with Gasteiger partial charge in [0.2, 0.25) is 0 Å². The van der Waals surface area contributed by atoms with Gasteiger partial charge in [-0.15, -0.1) is 6.42 Å². The Balaban J connectivity index is 1.84. The SMILES string of the molecule is C#CCn1cc(/C=C2\C(=O)NC(=S)N(c3cccc(C)c3C)C2=O)c2ccccc21. The van der Waals surface area contributed by atoms with Crippen LogP contribution in [0, 0.1) is 26.2 Å². The molecule has 1 aromatic heterocycles. The van der Waals surface area contributed by atoms with E-state index in [-0.39, 0.29) is 10.7 Å². The van der Waals surface area contributed by atoms with Gasteiger partial charge in [-0.05, 0) is 55.4 Å². The van der Waals surface area contributed by atoms with Gasteiger partial charge >= 0.3 is 0 Å². The molecular weight excluding hydrogens is 394 g/mol. The zero-order valence-corrected chi connectivity index (χ0v) is 17.4. The molecule has 0 bridgehead atoms. The third kappa shape index (κ3) is 3.19. The van der Waals surface area contributed by atoms with E-state index in [1.165, 1.54) is 4.90 Å². The number of nitrogens with zero attached hydrogens (tertiary/aromatic N) is 2. The van der Waals surface area contributed by atoms with Crippen LogP contribution in [0.5, 0.6) is 0 Å². The van der Waals surface area contributed by atoms with Gasteiger partial charge in [0.25, 0.3) is 11.8 Å². The fraction of sp³-hybridized carbons (Fsp3) is 0.125. The molecule has 2 aromatic carbocycles. The number of hydrogen-bond donors (Lipinski definition) is 1. The van der Waals surface area contributed by atoms with Crippen molar-refractivity contribution in [2.75, 3.05) is 4.90 Å². The van der Waals surface area contributed by atoms with E-state index in [0.29, 0.717) is 12.2 Å². The molecule has 2 amide bonds. The highest BCUT2D eigenvalue weighted by molar-refractivity contribution is 7.80. The number of carbonyl (C=O) groups is 2. The summed E-state index contributed by atoms with van der Waals surface area (Å²) in [7, 11) is 0. The molecule has 4 rings (SSSR count). The van der Waals surface area contributed by atoms with E-state index in [1.807, 2.05) is 67.1 Å². The lowest BCUT2D eigenvalue weighted by molar-refractivity contribution is -0.122. The van der Waals surface area contributed by atoms with E-state index in [2.05, 4.69) is 11.2 Å². The first-order chi connectivity index (χ1) is 14.4. The predicted octanol–water partition coefficient (Wildman–Crippen LogP) is 3.72. The van der Waals surface area contributed by atoms with Gasteiger partial charge in [-0.3, -0.25) is 19.8 Å². The molecule has 0 atom stereocenters. The molecule has 3 aromatic rings. The Hall–Kier alpha value is -3.69. The first-order valence-corrected chi connectivity index (χ1v) is 9.82. The standard InChI is InChI=1S/C24H19N3O2S/c1-4-12-26-14-17(18-9-5-6-10-21(18)26)13-19-22(28)25-24(30)27(23(19)29)20-11-7-8-15(2)16(20)3/h1,5-11,13-14H,12H2,2-3H3,(H,25,28,30)/b19-13+. The number of terminal acetylenes is 1. The Morgan fingerprint density at radius 3 is 2.67 bits per heavy atom. The van der Waals surface area contributed by atoms with Gasteiger partial charge in [-0.1, -0.05) is 36.3 Å².